The van der Waals surface area contributed by atoms with Crippen molar-refractivity contribution < 1.29 is 48.5 Å². The standard InChI is InChI=1S/C22H34N4O10/c1-5-17(27)23(3)9-11-35-21(33)15-25(13-19(29)30)7-8-26(14-20(31)32)16-22(34)36-12-10-24(4)18(28)6-2/h5-6H,1-2,7-16H2,3-4H3,(H,29,30)(H,31,32). The summed E-state index contributed by atoms with van der Waals surface area (Å²) in [5.41, 5.74) is 0. The number of amides is 2. The van der Waals surface area contributed by atoms with Gasteiger partial charge in [0.15, 0.2) is 0 Å². The molecule has 0 aromatic heterocycles. The number of hydrogen-bond acceptors (Lipinski definition) is 10. The summed E-state index contributed by atoms with van der Waals surface area (Å²) >= 11 is 0. The van der Waals surface area contributed by atoms with Crippen molar-refractivity contribution in [2.75, 3.05) is 79.7 Å². The van der Waals surface area contributed by atoms with Crippen molar-refractivity contribution in [2.24, 2.45) is 0 Å². The van der Waals surface area contributed by atoms with E-state index in [2.05, 4.69) is 13.2 Å². The van der Waals surface area contributed by atoms with Crippen LogP contribution in [0.15, 0.2) is 25.3 Å². The lowest BCUT2D eigenvalue weighted by Gasteiger charge is -2.25. The highest BCUT2D eigenvalue weighted by Crippen LogP contribution is 1.98. The van der Waals surface area contributed by atoms with Crippen LogP contribution in [0.3, 0.4) is 0 Å². The molecule has 14 nitrogen and oxygen atoms in total. The average Bonchev–Trinajstić information content (AvgIpc) is 2.80. The van der Waals surface area contributed by atoms with Gasteiger partial charge in [-0.05, 0) is 12.2 Å². The third-order valence-electron chi connectivity index (χ3n) is 4.64. The highest BCUT2D eigenvalue weighted by atomic mass is 16.5. The molecular formula is C22H34N4O10. The fourth-order valence-corrected chi connectivity index (χ4v) is 2.67. The number of hydrogen-bond donors (Lipinski definition) is 2. The Balaban J connectivity index is 4.82. The Labute approximate surface area is 209 Å². The van der Waals surface area contributed by atoms with Gasteiger partial charge in [-0.1, -0.05) is 13.2 Å². The van der Waals surface area contributed by atoms with Crippen LogP contribution in [0.2, 0.25) is 0 Å². The molecule has 2 amide bonds. The number of rotatable bonds is 19. The fraction of sp³-hybridized carbons (Fsp3) is 0.545. The maximum atomic E-state index is 12.1. The van der Waals surface area contributed by atoms with Crippen LogP contribution in [0.5, 0.6) is 0 Å². The molecule has 0 bridgehead atoms. The highest BCUT2D eigenvalue weighted by Gasteiger charge is 2.20. The van der Waals surface area contributed by atoms with Crippen LogP contribution in [0.4, 0.5) is 0 Å². The molecular weight excluding hydrogens is 480 g/mol. The zero-order chi connectivity index (χ0) is 27.7. The van der Waals surface area contributed by atoms with Crippen molar-refractivity contribution >= 4 is 35.7 Å². The lowest BCUT2D eigenvalue weighted by Crippen LogP contribution is -2.44. The summed E-state index contributed by atoms with van der Waals surface area (Å²) in [7, 11) is 2.99. The van der Waals surface area contributed by atoms with Gasteiger partial charge in [0.25, 0.3) is 0 Å². The fourth-order valence-electron chi connectivity index (χ4n) is 2.67. The van der Waals surface area contributed by atoms with Crippen LogP contribution in [0, 0.1) is 0 Å². The van der Waals surface area contributed by atoms with E-state index in [9.17, 15) is 28.8 Å². The minimum atomic E-state index is -1.22. The summed E-state index contributed by atoms with van der Waals surface area (Å²) in [6.45, 7) is 4.71. The third kappa shape index (κ3) is 15.2. The molecule has 0 heterocycles. The van der Waals surface area contributed by atoms with E-state index in [1.165, 1.54) is 33.7 Å². The van der Waals surface area contributed by atoms with Gasteiger partial charge in [0.2, 0.25) is 11.8 Å². The van der Waals surface area contributed by atoms with E-state index in [-0.39, 0.29) is 51.2 Å². The van der Waals surface area contributed by atoms with E-state index in [0.29, 0.717) is 0 Å². The van der Waals surface area contributed by atoms with E-state index in [0.717, 1.165) is 12.2 Å². The van der Waals surface area contributed by atoms with E-state index < -0.39 is 50.1 Å². The molecule has 0 radical (unpaired) electrons. The maximum Gasteiger partial charge on any atom is 0.320 e. The van der Waals surface area contributed by atoms with Gasteiger partial charge in [-0.25, -0.2) is 0 Å². The van der Waals surface area contributed by atoms with E-state index in [4.69, 9.17) is 19.7 Å². The Bertz CT molecular complexity index is 751. The summed E-state index contributed by atoms with van der Waals surface area (Å²) in [5, 5.41) is 18.3. The molecule has 0 spiro atoms. The Morgan fingerprint density at radius 1 is 0.639 bits per heavy atom. The topological polar surface area (TPSA) is 174 Å². The Morgan fingerprint density at radius 3 is 1.25 bits per heavy atom. The molecule has 0 aliphatic rings. The third-order valence-corrected chi connectivity index (χ3v) is 4.64. The summed E-state index contributed by atoms with van der Waals surface area (Å²) in [6.07, 6.45) is 2.22. The second-order valence-corrected chi connectivity index (χ2v) is 7.58. The molecule has 0 unspecified atom stereocenters. The Hall–Kier alpha value is -3.78. The molecule has 0 aromatic rings. The van der Waals surface area contributed by atoms with Crippen molar-refractivity contribution in [3.05, 3.63) is 25.3 Å². The van der Waals surface area contributed by atoms with E-state index >= 15 is 0 Å². The van der Waals surface area contributed by atoms with Crippen LogP contribution in [0.1, 0.15) is 0 Å². The quantitative estimate of drug-likeness (QED) is 0.145. The minimum Gasteiger partial charge on any atom is -0.480 e. The smallest absolute Gasteiger partial charge is 0.320 e. The lowest BCUT2D eigenvalue weighted by molar-refractivity contribution is -0.150. The molecule has 2 N–H and O–H groups in total. The van der Waals surface area contributed by atoms with Crippen LogP contribution < -0.4 is 0 Å². The first-order valence-corrected chi connectivity index (χ1v) is 10.8. The first-order valence-electron chi connectivity index (χ1n) is 10.8. The van der Waals surface area contributed by atoms with Crippen molar-refractivity contribution in [3.8, 4) is 0 Å². The number of ether oxygens (including phenoxy) is 2. The summed E-state index contributed by atoms with van der Waals surface area (Å²) < 4.78 is 10.1. The van der Waals surface area contributed by atoms with Gasteiger partial charge in [0, 0.05) is 27.2 Å². The number of aliphatic carboxylic acids is 2. The molecule has 36 heavy (non-hydrogen) atoms. The number of carboxylic acids is 2. The molecule has 0 fully saturated rings. The summed E-state index contributed by atoms with van der Waals surface area (Å²) in [6, 6.07) is 0. The van der Waals surface area contributed by atoms with Gasteiger partial charge in [-0.3, -0.25) is 38.6 Å². The molecule has 0 aliphatic carbocycles. The van der Waals surface area contributed by atoms with Gasteiger partial charge < -0.3 is 29.5 Å². The minimum absolute atomic E-state index is 0.0621. The predicted molar refractivity (Wildman–Crippen MR) is 126 cm³/mol. The second kappa shape index (κ2) is 17.6. The zero-order valence-electron chi connectivity index (χ0n) is 20.6. The maximum absolute atomic E-state index is 12.1. The van der Waals surface area contributed by atoms with Crippen LogP contribution >= 0.6 is 0 Å². The molecule has 0 saturated carbocycles. The number of carbonyl (C=O) groups excluding carboxylic acids is 4. The number of likely N-dealkylation sites (N-methyl/N-ethyl adjacent to an activating group) is 2. The second-order valence-electron chi connectivity index (χ2n) is 7.58. The number of carboxylic acid groups (broad SMARTS) is 2. The van der Waals surface area contributed by atoms with Crippen molar-refractivity contribution in [2.45, 2.75) is 0 Å². The van der Waals surface area contributed by atoms with Crippen molar-refractivity contribution in [1.29, 1.82) is 0 Å². The van der Waals surface area contributed by atoms with E-state index in [1.807, 2.05) is 0 Å². The largest absolute Gasteiger partial charge is 0.480 e. The number of esters is 2. The van der Waals surface area contributed by atoms with Crippen LogP contribution in [-0.2, 0) is 38.2 Å². The molecule has 14 heteroatoms. The molecule has 0 aromatic carbocycles. The Morgan fingerprint density at radius 2 is 0.972 bits per heavy atom. The van der Waals surface area contributed by atoms with Crippen LogP contribution in [0.25, 0.3) is 0 Å². The van der Waals surface area contributed by atoms with Gasteiger partial charge in [0.05, 0.1) is 39.3 Å². The van der Waals surface area contributed by atoms with Gasteiger partial charge >= 0.3 is 23.9 Å². The van der Waals surface area contributed by atoms with Gasteiger partial charge in [0.1, 0.15) is 13.2 Å². The first-order chi connectivity index (χ1) is 16.9. The molecule has 0 rings (SSSR count). The van der Waals surface area contributed by atoms with E-state index in [1.54, 1.807) is 0 Å². The predicted octanol–water partition coefficient (Wildman–Crippen LogP) is -1.87. The normalized spacial score (nSPS) is 10.4. The Kier molecular flexibility index (Phi) is 15.8. The molecule has 202 valence electrons. The van der Waals surface area contributed by atoms with Crippen molar-refractivity contribution in [3.63, 3.8) is 0 Å². The molecule has 0 atom stereocenters. The summed E-state index contributed by atoms with van der Waals surface area (Å²) in [4.78, 5) is 74.4. The molecule has 0 saturated heterocycles. The van der Waals surface area contributed by atoms with Crippen molar-refractivity contribution in [1.82, 2.24) is 19.6 Å². The summed E-state index contributed by atoms with van der Waals surface area (Å²) in [5.74, 6) is -4.63. The SMILES string of the molecule is C=CC(=O)N(C)CCOC(=O)CN(CCN(CC(=O)O)CC(=O)OCCN(C)C(=O)C=C)CC(=O)O. The van der Waals surface area contributed by atoms with Gasteiger partial charge in [-0.2, -0.15) is 0 Å². The van der Waals surface area contributed by atoms with Crippen LogP contribution in [-0.4, -0.2) is 145 Å². The zero-order valence-corrected chi connectivity index (χ0v) is 20.6. The van der Waals surface area contributed by atoms with Gasteiger partial charge in [-0.15, -0.1) is 0 Å². The number of carbonyl (C=O) groups is 6. The first kappa shape index (κ1) is 32.2. The lowest BCUT2D eigenvalue weighted by atomic mass is 10.4. The highest BCUT2D eigenvalue weighted by molar-refractivity contribution is 5.87. The molecule has 0 aliphatic heterocycles. The average molecular weight is 515 g/mol. The number of nitrogens with zero attached hydrogens (tertiary/aromatic N) is 4. The monoisotopic (exact) mass is 514 g/mol.